The second-order valence-electron chi connectivity index (χ2n) is 8.62. The summed E-state index contributed by atoms with van der Waals surface area (Å²) in [5.74, 6) is -0.530. The van der Waals surface area contributed by atoms with Gasteiger partial charge in [-0.25, -0.2) is 4.68 Å². The highest BCUT2D eigenvalue weighted by molar-refractivity contribution is 6.18. The van der Waals surface area contributed by atoms with Gasteiger partial charge >= 0.3 is 6.18 Å². The number of halogens is 4. The molecule has 0 radical (unpaired) electrons. The van der Waals surface area contributed by atoms with Crippen LogP contribution in [0.4, 0.5) is 18.9 Å². The molecule has 4 rings (SSSR count). The Hall–Kier alpha value is -3.39. The Morgan fingerprint density at radius 3 is 2.54 bits per heavy atom. The van der Waals surface area contributed by atoms with Crippen molar-refractivity contribution >= 4 is 35.7 Å². The average molecular weight is 501 g/mol. The fourth-order valence-corrected chi connectivity index (χ4v) is 3.85. The predicted molar refractivity (Wildman–Crippen MR) is 132 cm³/mol. The van der Waals surface area contributed by atoms with Crippen molar-refractivity contribution in [3.8, 4) is 5.69 Å². The van der Waals surface area contributed by atoms with Crippen molar-refractivity contribution in [2.24, 2.45) is 4.51 Å². The van der Waals surface area contributed by atoms with Crippen LogP contribution in [0.2, 0.25) is 0 Å². The molecule has 0 bridgehead atoms. The molecule has 1 saturated carbocycles. The molecule has 0 aliphatic heterocycles. The highest BCUT2D eigenvalue weighted by Gasteiger charge is 2.38. The Balaban J connectivity index is 1.49. The molecule has 35 heavy (non-hydrogen) atoms. The van der Waals surface area contributed by atoms with Crippen LogP contribution in [0.15, 0.2) is 59.1 Å². The number of carbonyl (C=O) groups is 1. The highest BCUT2D eigenvalue weighted by atomic mass is 35.5. The zero-order valence-corrected chi connectivity index (χ0v) is 19.9. The van der Waals surface area contributed by atoms with Crippen LogP contribution < -0.4 is 5.32 Å². The van der Waals surface area contributed by atoms with E-state index in [1.54, 1.807) is 30.3 Å². The van der Waals surface area contributed by atoms with Gasteiger partial charge in [0.25, 0.3) is 0 Å². The predicted octanol–water partition coefficient (Wildman–Crippen LogP) is 7.06. The summed E-state index contributed by atoms with van der Waals surface area (Å²) in [6.07, 6.45) is 2.26. The van der Waals surface area contributed by atoms with Gasteiger partial charge < -0.3 is 5.32 Å². The van der Waals surface area contributed by atoms with Crippen LogP contribution in [0.1, 0.15) is 59.7 Å². The minimum atomic E-state index is -4.50. The lowest BCUT2D eigenvalue weighted by molar-refractivity contribution is -0.141. The topological polar surface area (TPSA) is 59.3 Å². The smallest absolute Gasteiger partial charge is 0.326 e. The van der Waals surface area contributed by atoms with Crippen LogP contribution in [0, 0.1) is 6.92 Å². The quantitative estimate of drug-likeness (QED) is 0.353. The molecule has 2 aromatic carbocycles. The Labute approximate surface area is 206 Å². The average Bonchev–Trinajstić information content (AvgIpc) is 3.57. The molecule has 1 N–H and O–H groups in total. The number of amides is 1. The number of nitrogens with zero attached hydrogens (tertiary/aromatic N) is 3. The second-order valence-corrected chi connectivity index (χ2v) is 8.81. The first-order valence-corrected chi connectivity index (χ1v) is 11.5. The zero-order valence-electron chi connectivity index (χ0n) is 19.2. The molecule has 1 aliphatic rings. The van der Waals surface area contributed by atoms with Gasteiger partial charge in [0.05, 0.1) is 11.6 Å². The van der Waals surface area contributed by atoms with Gasteiger partial charge in [-0.2, -0.15) is 22.8 Å². The summed E-state index contributed by atoms with van der Waals surface area (Å²) in [6.45, 7) is 3.78. The van der Waals surface area contributed by atoms with Crippen LogP contribution in [0.5, 0.6) is 0 Å². The number of rotatable bonds is 7. The van der Waals surface area contributed by atoms with Gasteiger partial charge in [-0.3, -0.25) is 4.79 Å². The van der Waals surface area contributed by atoms with Gasteiger partial charge in [0.2, 0.25) is 5.91 Å². The highest BCUT2D eigenvalue weighted by Crippen LogP contribution is 2.43. The van der Waals surface area contributed by atoms with Gasteiger partial charge in [-0.05, 0) is 79.8 Å². The minimum Gasteiger partial charge on any atom is -0.326 e. The number of hydrogen-bond acceptors (Lipinski definition) is 3. The molecule has 0 spiro atoms. The third-order valence-electron chi connectivity index (χ3n) is 6.02. The van der Waals surface area contributed by atoms with Crippen LogP contribution in [0.3, 0.4) is 0 Å². The van der Waals surface area contributed by atoms with Gasteiger partial charge in [0, 0.05) is 35.3 Å². The summed E-state index contributed by atoms with van der Waals surface area (Å²) in [6, 6.07) is 13.6. The van der Waals surface area contributed by atoms with Gasteiger partial charge in [0.15, 0.2) is 5.69 Å². The Bertz CT molecular complexity index is 1270. The molecule has 1 unspecified atom stereocenters. The summed E-state index contributed by atoms with van der Waals surface area (Å²) in [5, 5.41) is 6.68. The van der Waals surface area contributed by atoms with Crippen molar-refractivity contribution in [3.05, 3.63) is 82.7 Å². The van der Waals surface area contributed by atoms with Crippen LogP contribution >= 0.6 is 11.8 Å². The van der Waals surface area contributed by atoms with E-state index >= 15 is 0 Å². The molecule has 5 nitrogen and oxygen atoms in total. The Morgan fingerprint density at radius 2 is 1.91 bits per heavy atom. The molecule has 1 aliphatic carbocycles. The van der Waals surface area contributed by atoms with Gasteiger partial charge in [0.1, 0.15) is 0 Å². The number of hydrogen-bond donors (Lipinski definition) is 1. The van der Waals surface area contributed by atoms with E-state index in [0.29, 0.717) is 17.1 Å². The van der Waals surface area contributed by atoms with Crippen LogP contribution in [0.25, 0.3) is 11.8 Å². The van der Waals surface area contributed by atoms with E-state index in [1.165, 1.54) is 10.9 Å². The fourth-order valence-electron chi connectivity index (χ4n) is 3.79. The number of carbonyl (C=O) groups excluding carboxylic acids is 1. The lowest BCUT2D eigenvalue weighted by Crippen LogP contribution is -2.19. The lowest BCUT2D eigenvalue weighted by atomic mass is 9.95. The summed E-state index contributed by atoms with van der Waals surface area (Å²) >= 11 is 5.31. The molecule has 1 amide bonds. The van der Waals surface area contributed by atoms with Crippen molar-refractivity contribution in [1.29, 1.82) is 0 Å². The van der Waals surface area contributed by atoms with E-state index in [9.17, 15) is 18.0 Å². The van der Waals surface area contributed by atoms with Crippen molar-refractivity contribution in [1.82, 2.24) is 9.78 Å². The van der Waals surface area contributed by atoms with E-state index in [0.717, 1.165) is 35.6 Å². The van der Waals surface area contributed by atoms with E-state index in [4.69, 9.17) is 11.8 Å². The van der Waals surface area contributed by atoms with E-state index in [1.807, 2.05) is 38.1 Å². The summed E-state index contributed by atoms with van der Waals surface area (Å²) < 4.78 is 44.3. The zero-order chi connectivity index (χ0) is 25.2. The molecule has 3 aromatic rings. The maximum atomic E-state index is 13.2. The molecule has 1 fully saturated rings. The number of nitrogens with one attached hydrogen (secondary N) is 1. The molecule has 1 aromatic heterocycles. The molecule has 9 heteroatoms. The lowest BCUT2D eigenvalue weighted by Gasteiger charge is -2.15. The molecule has 182 valence electrons. The summed E-state index contributed by atoms with van der Waals surface area (Å²) in [5.41, 5.74) is 3.58. The van der Waals surface area contributed by atoms with Crippen molar-refractivity contribution < 1.29 is 18.0 Å². The molecule has 1 heterocycles. The minimum absolute atomic E-state index is 0.0929. The number of alkyl halides is 3. The van der Waals surface area contributed by atoms with Crippen molar-refractivity contribution in [2.75, 3.05) is 5.32 Å². The SMILES string of the molecule is Cc1ccc(C(C)C(=O)Nc2ccc(-n3nc(C(F)(F)F)cc3C3CC3)cc2)cc1/C=C\C=NCl. The number of anilines is 1. The van der Waals surface area contributed by atoms with Crippen LogP contribution in [-0.4, -0.2) is 21.9 Å². The molecular weight excluding hydrogens is 477 g/mol. The molecule has 0 saturated heterocycles. The third kappa shape index (κ3) is 5.82. The largest absolute Gasteiger partial charge is 0.435 e. The normalized spacial score (nSPS) is 15.1. The maximum Gasteiger partial charge on any atom is 0.435 e. The Morgan fingerprint density at radius 1 is 1.20 bits per heavy atom. The molecule has 1 atom stereocenters. The standard InChI is InChI=1S/C26H24ClF3N4O/c1-16-5-6-20(14-19(16)4-3-13-31-27)17(2)25(35)32-21-9-11-22(12-10-21)34-23(18-7-8-18)15-24(33-34)26(28,29)30/h3-6,9-15,17-18H,7-8H2,1-2H3,(H,32,35)/b4-3-,31-13?. The maximum absolute atomic E-state index is 13.2. The first kappa shape index (κ1) is 24.7. The van der Waals surface area contributed by atoms with E-state index in [-0.39, 0.29) is 11.8 Å². The molecular formula is C26H24ClF3N4O. The third-order valence-corrected chi connectivity index (χ3v) is 6.13. The monoisotopic (exact) mass is 500 g/mol. The van der Waals surface area contributed by atoms with Crippen LogP contribution in [-0.2, 0) is 11.0 Å². The van der Waals surface area contributed by atoms with E-state index in [2.05, 4.69) is 14.9 Å². The number of allylic oxidation sites excluding steroid dienone is 1. The van der Waals surface area contributed by atoms with Gasteiger partial charge in [-0.1, -0.05) is 24.3 Å². The second kappa shape index (κ2) is 10.1. The number of aryl methyl sites for hydroxylation is 1. The van der Waals surface area contributed by atoms with Crippen molar-refractivity contribution in [3.63, 3.8) is 0 Å². The first-order chi connectivity index (χ1) is 16.7. The summed E-state index contributed by atoms with van der Waals surface area (Å²) in [7, 11) is 0. The Kier molecular flexibility index (Phi) is 7.12. The summed E-state index contributed by atoms with van der Waals surface area (Å²) in [4.78, 5) is 12.9. The van der Waals surface area contributed by atoms with Gasteiger partial charge in [-0.15, -0.1) is 0 Å². The fraction of sp³-hybridized carbons (Fsp3) is 0.269. The van der Waals surface area contributed by atoms with E-state index < -0.39 is 17.8 Å². The van der Waals surface area contributed by atoms with Crippen molar-refractivity contribution in [2.45, 2.75) is 44.7 Å². The number of aromatic nitrogens is 2. The number of benzene rings is 2. The first-order valence-electron chi connectivity index (χ1n) is 11.2.